The Kier molecular flexibility index (Phi) is 8.79. The van der Waals surface area contributed by atoms with Crippen LogP contribution in [0, 0.1) is 0 Å². The molecule has 0 radical (unpaired) electrons. The molecule has 2 aromatic heterocycles. The van der Waals surface area contributed by atoms with Crippen LogP contribution in [-0.2, 0) is 5.41 Å². The Balaban J connectivity index is 0.949. The van der Waals surface area contributed by atoms with Gasteiger partial charge in [-0.1, -0.05) is 184 Å². The van der Waals surface area contributed by atoms with Gasteiger partial charge in [-0.2, -0.15) is 0 Å². The number of aromatic nitrogens is 4. The molecule has 4 nitrogen and oxygen atoms in total. The number of hydrogen-bond donors (Lipinski definition) is 0. The summed E-state index contributed by atoms with van der Waals surface area (Å²) in [6, 6.07) is 69.0. The molecule has 0 atom stereocenters. The van der Waals surface area contributed by atoms with Crippen LogP contribution in [0.5, 0.6) is 0 Å². The summed E-state index contributed by atoms with van der Waals surface area (Å²) in [5.41, 5.74) is 17.3. The number of nitrogens with zero attached hydrogens (tertiary/aromatic N) is 4. The van der Waals surface area contributed by atoms with Gasteiger partial charge in [0.2, 0.25) is 0 Å². The minimum atomic E-state index is -0.111. The predicted octanol–water partition coefficient (Wildman–Crippen LogP) is 14.4. The summed E-state index contributed by atoms with van der Waals surface area (Å²) in [6.07, 6.45) is 3.66. The van der Waals surface area contributed by atoms with Crippen molar-refractivity contribution in [2.45, 2.75) is 19.3 Å². The van der Waals surface area contributed by atoms with Gasteiger partial charge in [-0.25, -0.2) is 15.0 Å². The molecule has 288 valence electrons. The molecule has 11 rings (SSSR count). The highest BCUT2D eigenvalue weighted by atomic mass is 15.0. The third-order valence-corrected chi connectivity index (χ3v) is 12.2. The molecule has 0 saturated heterocycles. The number of rotatable bonds is 7. The largest absolute Gasteiger partial charge is 0.264 e. The summed E-state index contributed by atoms with van der Waals surface area (Å²) in [4.78, 5) is 19.4. The molecule has 8 aromatic carbocycles. The average Bonchev–Trinajstić information content (AvgIpc) is 3.58. The van der Waals surface area contributed by atoms with Crippen LogP contribution in [0.3, 0.4) is 0 Å². The van der Waals surface area contributed by atoms with Crippen LogP contribution in [-0.4, -0.2) is 19.9 Å². The molecule has 1 aliphatic carbocycles. The first kappa shape index (κ1) is 36.3. The van der Waals surface area contributed by atoms with Crippen LogP contribution in [0.4, 0.5) is 0 Å². The Bertz CT molecular complexity index is 3260. The highest BCUT2D eigenvalue weighted by molar-refractivity contribution is 6.01. The monoisotopic (exact) mass is 780 g/mol. The van der Waals surface area contributed by atoms with Gasteiger partial charge in [0.15, 0.2) is 17.5 Å². The number of fused-ring (bicyclic) bond motifs is 5. The standard InChI is InChI=1S/C57H40N4/c1-57(2)51-25-11-24-48(52(51)50-31-30-38-13-6-7-23-49(38)53(50)57)45-20-9-18-43(34-45)41-16-8-17-42(33-41)44-19-10-21-46(35-44)56-60-54(39-14-4-3-5-15-39)59-55(61-56)40-28-26-37(27-29-40)47-22-12-32-58-36-47/h3-36H,1-2H3. The van der Waals surface area contributed by atoms with Crippen LogP contribution < -0.4 is 0 Å². The van der Waals surface area contributed by atoms with Crippen molar-refractivity contribution >= 4 is 10.8 Å². The van der Waals surface area contributed by atoms with E-state index in [1.54, 1.807) is 6.20 Å². The fourth-order valence-electron chi connectivity index (χ4n) is 9.17. The molecule has 0 N–H and O–H groups in total. The minimum Gasteiger partial charge on any atom is -0.264 e. The average molecular weight is 781 g/mol. The first-order valence-corrected chi connectivity index (χ1v) is 20.8. The van der Waals surface area contributed by atoms with Crippen molar-refractivity contribution in [2.24, 2.45) is 0 Å². The van der Waals surface area contributed by atoms with Crippen LogP contribution in [0.25, 0.3) is 101 Å². The van der Waals surface area contributed by atoms with E-state index < -0.39 is 0 Å². The topological polar surface area (TPSA) is 51.6 Å². The molecule has 1 aliphatic rings. The minimum absolute atomic E-state index is 0.111. The Hall–Kier alpha value is -7.82. The fraction of sp³-hybridized carbons (Fsp3) is 0.0526. The second-order valence-electron chi connectivity index (χ2n) is 16.3. The van der Waals surface area contributed by atoms with E-state index in [0.717, 1.165) is 44.5 Å². The van der Waals surface area contributed by atoms with Crippen LogP contribution in [0.15, 0.2) is 207 Å². The molecule has 4 heteroatoms. The molecule has 61 heavy (non-hydrogen) atoms. The summed E-state index contributed by atoms with van der Waals surface area (Å²) < 4.78 is 0. The lowest BCUT2D eigenvalue weighted by atomic mass is 9.80. The highest BCUT2D eigenvalue weighted by Crippen LogP contribution is 2.54. The van der Waals surface area contributed by atoms with Crippen molar-refractivity contribution in [3.05, 3.63) is 218 Å². The van der Waals surface area contributed by atoms with Crippen molar-refractivity contribution < 1.29 is 0 Å². The van der Waals surface area contributed by atoms with E-state index >= 15 is 0 Å². The van der Waals surface area contributed by atoms with Crippen LogP contribution in [0.2, 0.25) is 0 Å². The molecule has 0 amide bonds. The lowest BCUT2D eigenvalue weighted by molar-refractivity contribution is 0.666. The highest BCUT2D eigenvalue weighted by Gasteiger charge is 2.38. The van der Waals surface area contributed by atoms with Crippen LogP contribution in [0.1, 0.15) is 25.0 Å². The molecule has 0 saturated carbocycles. The summed E-state index contributed by atoms with van der Waals surface area (Å²) in [6.45, 7) is 4.74. The lowest BCUT2D eigenvalue weighted by Crippen LogP contribution is -2.15. The van der Waals surface area contributed by atoms with Gasteiger partial charge in [0.05, 0.1) is 0 Å². The summed E-state index contributed by atoms with van der Waals surface area (Å²) in [5, 5.41) is 2.62. The predicted molar refractivity (Wildman–Crippen MR) is 251 cm³/mol. The molecule has 10 aromatic rings. The van der Waals surface area contributed by atoms with Crippen molar-refractivity contribution in [3.63, 3.8) is 0 Å². The lowest BCUT2D eigenvalue weighted by Gasteiger charge is -2.23. The summed E-state index contributed by atoms with van der Waals surface area (Å²) in [5.74, 6) is 1.88. The van der Waals surface area contributed by atoms with Gasteiger partial charge in [0.1, 0.15) is 0 Å². The van der Waals surface area contributed by atoms with E-state index in [1.165, 1.54) is 49.7 Å². The Labute approximate surface area is 356 Å². The van der Waals surface area contributed by atoms with Gasteiger partial charge < -0.3 is 0 Å². The SMILES string of the molecule is CC1(C)c2cccc(-c3cccc(-c4cccc(-c5cccc(-c6nc(-c7ccccc7)nc(-c7ccc(-c8cccnc8)cc7)n6)c5)c4)c3)c2-c2ccc3ccccc3c21. The van der Waals surface area contributed by atoms with Crippen molar-refractivity contribution in [3.8, 4) is 89.8 Å². The third-order valence-electron chi connectivity index (χ3n) is 12.2. The first-order chi connectivity index (χ1) is 30.0. The zero-order chi connectivity index (χ0) is 40.9. The van der Waals surface area contributed by atoms with E-state index in [9.17, 15) is 0 Å². The molecule has 0 aliphatic heterocycles. The second kappa shape index (κ2) is 14.8. The van der Waals surface area contributed by atoms with Gasteiger partial charge in [0.25, 0.3) is 0 Å². The van der Waals surface area contributed by atoms with Crippen molar-refractivity contribution in [1.29, 1.82) is 0 Å². The van der Waals surface area contributed by atoms with Crippen LogP contribution >= 0.6 is 0 Å². The maximum Gasteiger partial charge on any atom is 0.164 e. The summed E-state index contributed by atoms with van der Waals surface area (Å²) >= 11 is 0. The normalized spacial score (nSPS) is 12.6. The molecule has 0 bridgehead atoms. The van der Waals surface area contributed by atoms with E-state index in [0.29, 0.717) is 17.5 Å². The Morgan fingerprint density at radius 2 is 0.885 bits per heavy atom. The van der Waals surface area contributed by atoms with Gasteiger partial charge in [-0.3, -0.25) is 4.98 Å². The van der Waals surface area contributed by atoms with Crippen molar-refractivity contribution in [1.82, 2.24) is 19.9 Å². The molecular weight excluding hydrogens is 741 g/mol. The Morgan fingerprint density at radius 3 is 1.57 bits per heavy atom. The fourth-order valence-corrected chi connectivity index (χ4v) is 9.17. The van der Waals surface area contributed by atoms with Gasteiger partial charge >= 0.3 is 0 Å². The molecule has 0 fully saturated rings. The number of hydrogen-bond acceptors (Lipinski definition) is 4. The second-order valence-corrected chi connectivity index (χ2v) is 16.3. The molecule has 0 unspecified atom stereocenters. The van der Waals surface area contributed by atoms with Crippen molar-refractivity contribution in [2.75, 3.05) is 0 Å². The molecule has 0 spiro atoms. The number of benzene rings is 8. The molecule has 2 heterocycles. The van der Waals surface area contributed by atoms with E-state index in [-0.39, 0.29) is 5.41 Å². The number of pyridine rings is 1. The van der Waals surface area contributed by atoms with Gasteiger partial charge in [-0.05, 0) is 102 Å². The zero-order valence-electron chi connectivity index (χ0n) is 33.9. The zero-order valence-corrected chi connectivity index (χ0v) is 33.9. The van der Waals surface area contributed by atoms with Gasteiger partial charge in [-0.15, -0.1) is 0 Å². The third kappa shape index (κ3) is 6.50. The smallest absolute Gasteiger partial charge is 0.164 e. The van der Waals surface area contributed by atoms with E-state index in [1.807, 2.05) is 42.6 Å². The van der Waals surface area contributed by atoms with Gasteiger partial charge in [0, 0.05) is 34.5 Å². The molecular formula is C57H40N4. The maximum absolute atomic E-state index is 5.07. The van der Waals surface area contributed by atoms with E-state index in [2.05, 4.69) is 177 Å². The Morgan fingerprint density at radius 1 is 0.361 bits per heavy atom. The first-order valence-electron chi connectivity index (χ1n) is 20.8. The van der Waals surface area contributed by atoms with E-state index in [4.69, 9.17) is 15.0 Å². The quantitative estimate of drug-likeness (QED) is 0.162. The maximum atomic E-state index is 5.07. The summed E-state index contributed by atoms with van der Waals surface area (Å²) in [7, 11) is 0.